The maximum absolute atomic E-state index is 11.5. The Balaban J connectivity index is 3.46. The Morgan fingerprint density at radius 2 is 1.59 bits per heavy atom. The Kier molecular flexibility index (Phi) is 4.89. The van der Waals surface area contributed by atoms with Crippen LogP contribution in [0.1, 0.15) is 18.9 Å². The number of aliphatic carboxylic acids is 2. The molecule has 1 aromatic rings. The fraction of sp³-hybridized carbons (Fsp3) is 0.300. The molecule has 0 amide bonds. The van der Waals surface area contributed by atoms with Crippen LogP contribution in [0.4, 0.5) is 11.4 Å². The van der Waals surface area contributed by atoms with Gasteiger partial charge in [-0.3, -0.25) is 29.8 Å². The van der Waals surface area contributed by atoms with Gasteiger partial charge in [-0.05, 0) is 6.42 Å². The fourth-order valence-electron chi connectivity index (χ4n) is 1.67. The number of carboxylic acid groups (broad SMARTS) is 2. The van der Waals surface area contributed by atoms with Gasteiger partial charge in [0.1, 0.15) is 6.04 Å². The zero-order chi connectivity index (χ0) is 17.0. The predicted molar refractivity (Wildman–Crippen MR) is 67.6 cm³/mol. The average Bonchev–Trinajstić information content (AvgIpc) is 2.38. The summed E-state index contributed by atoms with van der Waals surface area (Å²) in [7, 11) is 0. The van der Waals surface area contributed by atoms with Crippen molar-refractivity contribution in [1.29, 1.82) is 0 Å². The Morgan fingerprint density at radius 1 is 1.14 bits per heavy atom. The second kappa shape index (κ2) is 6.43. The molecule has 0 aromatic carbocycles. The van der Waals surface area contributed by atoms with Crippen molar-refractivity contribution in [3.8, 4) is 0 Å². The van der Waals surface area contributed by atoms with Gasteiger partial charge >= 0.3 is 28.7 Å². The largest absolute Gasteiger partial charge is 0.481 e. The summed E-state index contributed by atoms with van der Waals surface area (Å²) in [6.07, 6.45) is 0.0263. The second-order valence-electron chi connectivity index (χ2n) is 4.11. The van der Waals surface area contributed by atoms with Gasteiger partial charge in [-0.1, -0.05) is 0 Å². The van der Waals surface area contributed by atoms with Gasteiger partial charge in [0.25, 0.3) is 0 Å². The van der Waals surface area contributed by atoms with E-state index in [-0.39, 0.29) is 0 Å². The number of hydrogen-bond donors (Lipinski definition) is 2. The molecule has 0 aliphatic heterocycles. The Morgan fingerprint density at radius 3 is 1.91 bits per heavy atom. The standard InChI is InChI=1S/C10H9N3O9/c14-8(15)2-1-5(10(17)18)11-3-6(12(19)20)9(16)7(4-11)13(21)22/h3-5H,1-2H2,(H,14,15)(H,17,18)/t5-/m1/s1. The van der Waals surface area contributed by atoms with Crippen LogP contribution in [0.2, 0.25) is 0 Å². The summed E-state index contributed by atoms with van der Waals surface area (Å²) in [5.74, 6) is -2.86. The molecule has 2 N–H and O–H groups in total. The maximum atomic E-state index is 11.5. The van der Waals surface area contributed by atoms with Gasteiger partial charge in [0, 0.05) is 6.42 Å². The number of hydrogen-bond acceptors (Lipinski definition) is 7. The summed E-state index contributed by atoms with van der Waals surface area (Å²) in [5, 5.41) is 39.1. The first kappa shape index (κ1) is 16.7. The molecule has 0 aliphatic rings. The van der Waals surface area contributed by atoms with Crippen LogP contribution in [0.3, 0.4) is 0 Å². The molecule has 118 valence electrons. The molecule has 0 spiro atoms. The highest BCUT2D eigenvalue weighted by atomic mass is 16.6. The van der Waals surface area contributed by atoms with Crippen molar-refractivity contribution in [3.05, 3.63) is 42.8 Å². The van der Waals surface area contributed by atoms with Gasteiger partial charge in [0.15, 0.2) is 0 Å². The molecule has 1 aromatic heterocycles. The summed E-state index contributed by atoms with van der Waals surface area (Å²) in [5.41, 5.74) is -3.81. The van der Waals surface area contributed by atoms with Crippen molar-refractivity contribution < 1.29 is 29.6 Å². The van der Waals surface area contributed by atoms with Crippen LogP contribution in [0.5, 0.6) is 0 Å². The Labute approximate surface area is 120 Å². The fourth-order valence-corrected chi connectivity index (χ4v) is 1.67. The molecule has 0 radical (unpaired) electrons. The molecule has 12 heteroatoms. The molecule has 0 saturated heterocycles. The number of carbonyl (C=O) groups is 2. The van der Waals surface area contributed by atoms with E-state index in [9.17, 15) is 34.6 Å². The molecule has 12 nitrogen and oxygen atoms in total. The third-order valence-electron chi connectivity index (χ3n) is 2.68. The monoisotopic (exact) mass is 315 g/mol. The third-order valence-corrected chi connectivity index (χ3v) is 2.68. The van der Waals surface area contributed by atoms with Crippen molar-refractivity contribution in [1.82, 2.24) is 4.57 Å². The molecular formula is C10H9N3O9. The minimum Gasteiger partial charge on any atom is -0.481 e. The number of aromatic nitrogens is 1. The van der Waals surface area contributed by atoms with E-state index in [0.29, 0.717) is 17.0 Å². The van der Waals surface area contributed by atoms with Crippen LogP contribution < -0.4 is 5.43 Å². The molecule has 0 fully saturated rings. The van der Waals surface area contributed by atoms with Gasteiger partial charge < -0.3 is 14.8 Å². The van der Waals surface area contributed by atoms with Crippen LogP contribution in [-0.4, -0.2) is 36.6 Å². The molecular weight excluding hydrogens is 306 g/mol. The topological polar surface area (TPSA) is 183 Å². The van der Waals surface area contributed by atoms with E-state index >= 15 is 0 Å². The van der Waals surface area contributed by atoms with Crippen LogP contribution in [-0.2, 0) is 9.59 Å². The lowest BCUT2D eigenvalue weighted by molar-refractivity contribution is -0.397. The number of pyridine rings is 1. The highest BCUT2D eigenvalue weighted by Gasteiger charge is 2.29. The number of nitro groups is 2. The summed E-state index contributed by atoms with van der Waals surface area (Å²) in [6, 6.07) is -1.60. The molecule has 0 unspecified atom stereocenters. The summed E-state index contributed by atoms with van der Waals surface area (Å²) in [4.78, 5) is 52.3. The maximum Gasteiger partial charge on any atom is 0.339 e. The Hall–Kier alpha value is -3.31. The number of nitrogens with zero attached hydrogens (tertiary/aromatic N) is 3. The summed E-state index contributed by atoms with van der Waals surface area (Å²) >= 11 is 0. The molecule has 1 rings (SSSR count). The van der Waals surface area contributed by atoms with E-state index in [0.717, 1.165) is 0 Å². The molecule has 0 aliphatic carbocycles. The first-order valence-electron chi connectivity index (χ1n) is 5.64. The van der Waals surface area contributed by atoms with Crippen LogP contribution >= 0.6 is 0 Å². The average molecular weight is 315 g/mol. The van der Waals surface area contributed by atoms with E-state index < -0.39 is 57.5 Å². The van der Waals surface area contributed by atoms with Crippen LogP contribution in [0.15, 0.2) is 17.2 Å². The first-order chi connectivity index (χ1) is 10.1. The molecule has 0 bridgehead atoms. The van der Waals surface area contributed by atoms with Gasteiger partial charge in [-0.25, -0.2) is 4.79 Å². The van der Waals surface area contributed by atoms with Gasteiger partial charge in [0.05, 0.1) is 22.2 Å². The number of carboxylic acids is 2. The van der Waals surface area contributed by atoms with Crippen molar-refractivity contribution in [2.45, 2.75) is 18.9 Å². The van der Waals surface area contributed by atoms with Crippen molar-refractivity contribution in [3.63, 3.8) is 0 Å². The van der Waals surface area contributed by atoms with Crippen molar-refractivity contribution in [2.75, 3.05) is 0 Å². The molecule has 22 heavy (non-hydrogen) atoms. The smallest absolute Gasteiger partial charge is 0.339 e. The normalized spacial score (nSPS) is 11.6. The van der Waals surface area contributed by atoms with Crippen LogP contribution in [0, 0.1) is 20.2 Å². The van der Waals surface area contributed by atoms with E-state index in [2.05, 4.69) is 0 Å². The predicted octanol–water partition coefficient (Wildman–Crippen LogP) is 0.155. The summed E-state index contributed by atoms with van der Waals surface area (Å²) < 4.78 is 0.586. The first-order valence-corrected chi connectivity index (χ1v) is 5.64. The van der Waals surface area contributed by atoms with Crippen LogP contribution in [0.25, 0.3) is 0 Å². The van der Waals surface area contributed by atoms with Gasteiger partial charge in [-0.2, -0.15) is 0 Å². The highest BCUT2D eigenvalue weighted by molar-refractivity contribution is 5.74. The van der Waals surface area contributed by atoms with E-state index in [1.54, 1.807) is 0 Å². The highest BCUT2D eigenvalue weighted by Crippen LogP contribution is 2.20. The molecule has 1 atom stereocenters. The lowest BCUT2D eigenvalue weighted by atomic mass is 10.1. The quantitative estimate of drug-likeness (QED) is 0.522. The van der Waals surface area contributed by atoms with E-state index in [1.807, 2.05) is 0 Å². The minimum atomic E-state index is -1.60. The molecule has 0 saturated carbocycles. The third kappa shape index (κ3) is 3.62. The van der Waals surface area contributed by atoms with Gasteiger partial charge in [0.2, 0.25) is 0 Å². The second-order valence-corrected chi connectivity index (χ2v) is 4.11. The van der Waals surface area contributed by atoms with Crippen molar-refractivity contribution >= 4 is 23.3 Å². The minimum absolute atomic E-state index is 0.470. The van der Waals surface area contributed by atoms with E-state index in [1.165, 1.54) is 0 Å². The molecule has 1 heterocycles. The lowest BCUT2D eigenvalue weighted by Crippen LogP contribution is -2.24. The zero-order valence-corrected chi connectivity index (χ0v) is 10.7. The lowest BCUT2D eigenvalue weighted by Gasteiger charge is -2.14. The number of rotatable bonds is 7. The Bertz CT molecular complexity index is 670. The van der Waals surface area contributed by atoms with E-state index in [4.69, 9.17) is 10.2 Å². The SMILES string of the molecule is O=C(O)CC[C@H](C(=O)O)n1cc([N+](=O)[O-])c(=O)c([N+](=O)[O-])c1. The van der Waals surface area contributed by atoms with Gasteiger partial charge in [-0.15, -0.1) is 0 Å². The summed E-state index contributed by atoms with van der Waals surface area (Å²) in [6.45, 7) is 0. The van der Waals surface area contributed by atoms with Crippen molar-refractivity contribution in [2.24, 2.45) is 0 Å². The zero-order valence-electron chi connectivity index (χ0n) is 10.7.